The number of hydrogen-bond donors (Lipinski definition) is 4. The minimum absolute atomic E-state index is 0.0772. The zero-order valence-electron chi connectivity index (χ0n) is 15.7. The van der Waals surface area contributed by atoms with Crippen LogP contribution in [0.1, 0.15) is 45.3 Å². The van der Waals surface area contributed by atoms with Gasteiger partial charge in [-0.1, -0.05) is 32.6 Å². The van der Waals surface area contributed by atoms with Crippen LogP contribution in [0.4, 0.5) is 10.6 Å². The Hall–Kier alpha value is -2.21. The van der Waals surface area contributed by atoms with E-state index in [2.05, 4.69) is 11.9 Å². The first-order chi connectivity index (χ1) is 13.5. The summed E-state index contributed by atoms with van der Waals surface area (Å²) in [7, 11) is 0. The van der Waals surface area contributed by atoms with E-state index in [0.717, 1.165) is 36.7 Å². The van der Waals surface area contributed by atoms with Gasteiger partial charge in [0.15, 0.2) is 12.0 Å². The molecule has 1 aromatic rings. The van der Waals surface area contributed by atoms with E-state index in [4.69, 9.17) is 19.4 Å². The zero-order chi connectivity index (χ0) is 20.5. The molecule has 1 fully saturated rings. The quantitative estimate of drug-likeness (QED) is 0.251. The van der Waals surface area contributed by atoms with Crippen LogP contribution in [-0.2, 0) is 14.2 Å². The average molecular weight is 401 g/mol. The Kier molecular flexibility index (Phi) is 8.64. The summed E-state index contributed by atoms with van der Waals surface area (Å²) in [6, 6.07) is 1.28. The fourth-order valence-electron chi connectivity index (χ4n) is 2.82. The lowest BCUT2D eigenvalue weighted by Gasteiger charge is -2.17. The highest BCUT2D eigenvalue weighted by Gasteiger charge is 2.44. The fraction of sp³-hybridized carbons (Fsp3) is 0.706. The van der Waals surface area contributed by atoms with E-state index < -0.39 is 36.4 Å². The largest absolute Gasteiger partial charge is 0.508 e. The lowest BCUT2D eigenvalue weighted by molar-refractivity contribution is -0.0642. The van der Waals surface area contributed by atoms with Gasteiger partial charge in [-0.25, -0.2) is 9.59 Å². The number of nitrogens with one attached hydrogen (secondary N) is 1. The predicted molar refractivity (Wildman–Crippen MR) is 95.9 cm³/mol. The number of ether oxygens (including phenoxy) is 3. The molecule has 1 aromatic heterocycles. The van der Waals surface area contributed by atoms with Crippen LogP contribution in [0.2, 0.25) is 0 Å². The molecule has 28 heavy (non-hydrogen) atoms. The third-order valence-corrected chi connectivity index (χ3v) is 4.39. The second-order valence-corrected chi connectivity index (χ2v) is 6.48. The van der Waals surface area contributed by atoms with E-state index in [-0.39, 0.29) is 19.0 Å². The molecule has 0 saturated carbocycles. The van der Waals surface area contributed by atoms with Gasteiger partial charge in [0, 0.05) is 6.20 Å². The molecule has 1 aliphatic rings. The van der Waals surface area contributed by atoms with Crippen molar-refractivity contribution >= 4 is 12.0 Å². The summed E-state index contributed by atoms with van der Waals surface area (Å²) < 4.78 is 16.3. The monoisotopic (exact) mass is 401 g/mol. The van der Waals surface area contributed by atoms with Crippen LogP contribution in [0.15, 0.2) is 17.1 Å². The molecule has 0 radical (unpaired) electrons. The maximum absolute atomic E-state index is 11.9. The second-order valence-electron chi connectivity index (χ2n) is 6.48. The van der Waals surface area contributed by atoms with Crippen LogP contribution in [-0.4, -0.2) is 62.7 Å². The van der Waals surface area contributed by atoms with Crippen molar-refractivity contribution in [1.82, 2.24) is 9.55 Å². The number of carbonyl (C=O) groups excluding carboxylic acids is 1. The van der Waals surface area contributed by atoms with E-state index in [0.29, 0.717) is 0 Å². The highest BCUT2D eigenvalue weighted by molar-refractivity contribution is 5.59. The molecular weight excluding hydrogens is 374 g/mol. The average Bonchev–Trinajstić information content (AvgIpc) is 2.97. The highest BCUT2D eigenvalue weighted by atomic mass is 16.7. The zero-order valence-corrected chi connectivity index (χ0v) is 15.7. The highest BCUT2D eigenvalue weighted by Crippen LogP contribution is 2.28. The summed E-state index contributed by atoms with van der Waals surface area (Å²) in [6.07, 6.45) is 0.342. The number of aliphatic hydroxyl groups is 2. The Morgan fingerprint density at radius 3 is 2.68 bits per heavy atom. The van der Waals surface area contributed by atoms with Crippen molar-refractivity contribution in [3.63, 3.8) is 0 Å². The van der Waals surface area contributed by atoms with Gasteiger partial charge >= 0.3 is 11.8 Å². The number of aromatic nitrogens is 2. The van der Waals surface area contributed by atoms with Gasteiger partial charge in [0.25, 0.3) is 0 Å². The molecule has 2 rings (SSSR count). The molecule has 0 aromatic carbocycles. The summed E-state index contributed by atoms with van der Waals surface area (Å²) in [5, 5.41) is 29.0. The van der Waals surface area contributed by atoms with Crippen LogP contribution in [0.5, 0.6) is 0 Å². The molecule has 11 nitrogen and oxygen atoms in total. The molecule has 0 spiro atoms. The summed E-state index contributed by atoms with van der Waals surface area (Å²) in [4.78, 5) is 27.1. The van der Waals surface area contributed by atoms with Gasteiger partial charge in [-0.3, -0.25) is 15.3 Å². The predicted octanol–water partition coefficient (Wildman–Crippen LogP) is 0.787. The van der Waals surface area contributed by atoms with Gasteiger partial charge in [-0.2, -0.15) is 4.98 Å². The number of nitrogens with zero attached hydrogens (tertiary/aromatic N) is 2. The van der Waals surface area contributed by atoms with Crippen LogP contribution in [0.3, 0.4) is 0 Å². The molecule has 0 amide bonds. The second kappa shape index (κ2) is 11.0. The Morgan fingerprint density at radius 2 is 2.00 bits per heavy atom. The first-order valence-corrected chi connectivity index (χ1v) is 9.28. The molecular formula is C17H27N3O8. The smallest absolute Gasteiger partial charge is 0.434 e. The Bertz CT molecular complexity index is 683. The van der Waals surface area contributed by atoms with Crippen molar-refractivity contribution < 1.29 is 34.4 Å². The lowest BCUT2D eigenvalue weighted by atomic mass is 10.1. The molecule has 158 valence electrons. The molecule has 1 aliphatic heterocycles. The van der Waals surface area contributed by atoms with Gasteiger partial charge in [-0.05, 0) is 12.5 Å². The number of unbranched alkanes of at least 4 members (excludes halogenated alkanes) is 4. The maximum atomic E-state index is 11.9. The van der Waals surface area contributed by atoms with Crippen molar-refractivity contribution in [2.75, 3.05) is 18.7 Å². The number of hydrogen-bond acceptors (Lipinski definition) is 10. The van der Waals surface area contributed by atoms with Crippen LogP contribution in [0.25, 0.3) is 0 Å². The number of anilines is 1. The molecule has 1 unspecified atom stereocenters. The van der Waals surface area contributed by atoms with Crippen molar-refractivity contribution in [1.29, 1.82) is 0 Å². The van der Waals surface area contributed by atoms with Gasteiger partial charge in [0.05, 0.1) is 6.61 Å². The number of aliphatic hydroxyl groups excluding tert-OH is 2. The Morgan fingerprint density at radius 1 is 1.25 bits per heavy atom. The summed E-state index contributed by atoms with van der Waals surface area (Å²) in [6.45, 7) is 2.01. The third-order valence-electron chi connectivity index (χ3n) is 4.39. The SMILES string of the molecule is CCCCCCCOC(=O)OC[C@H]1O[C@@H](n2ccc(NO)nc2=O)[C@@H](O)C1O. The van der Waals surface area contributed by atoms with E-state index in [1.54, 1.807) is 5.48 Å². The number of rotatable bonds is 10. The van der Waals surface area contributed by atoms with E-state index >= 15 is 0 Å². The van der Waals surface area contributed by atoms with Gasteiger partial charge in [-0.15, -0.1) is 0 Å². The van der Waals surface area contributed by atoms with E-state index in [1.807, 2.05) is 0 Å². The van der Waals surface area contributed by atoms with E-state index in [9.17, 15) is 19.8 Å². The molecule has 4 N–H and O–H groups in total. The molecule has 1 saturated heterocycles. The lowest BCUT2D eigenvalue weighted by Crippen LogP contribution is -2.36. The van der Waals surface area contributed by atoms with Gasteiger partial charge in [0.1, 0.15) is 24.9 Å². The first kappa shape index (κ1) is 22.1. The topological polar surface area (TPSA) is 152 Å². The normalized spacial score (nSPS) is 24.1. The Balaban J connectivity index is 1.81. The van der Waals surface area contributed by atoms with Crippen LogP contribution in [0, 0.1) is 0 Å². The first-order valence-electron chi connectivity index (χ1n) is 9.28. The number of carbonyl (C=O) groups is 1. The molecule has 2 heterocycles. The van der Waals surface area contributed by atoms with Gasteiger partial charge in [0.2, 0.25) is 0 Å². The van der Waals surface area contributed by atoms with Crippen molar-refractivity contribution in [2.24, 2.45) is 0 Å². The fourth-order valence-corrected chi connectivity index (χ4v) is 2.82. The molecule has 11 heteroatoms. The van der Waals surface area contributed by atoms with Crippen molar-refractivity contribution in [2.45, 2.75) is 63.6 Å². The standard InChI is InChI=1S/C17H27N3O8/c1-2-3-4-5-6-9-26-17(24)27-10-11-13(21)14(22)15(28-11)20-8-7-12(19-25)18-16(20)23/h7-8,11,13-15,21-22,25H,2-6,9-10H2,1H3,(H,18,19,23)/t11-,13?,14+,15-/m1/s1. The summed E-state index contributed by atoms with van der Waals surface area (Å²) in [5.74, 6) is -0.0772. The maximum Gasteiger partial charge on any atom is 0.508 e. The summed E-state index contributed by atoms with van der Waals surface area (Å²) >= 11 is 0. The molecule has 4 atom stereocenters. The van der Waals surface area contributed by atoms with Crippen molar-refractivity contribution in [3.8, 4) is 0 Å². The minimum Gasteiger partial charge on any atom is -0.434 e. The molecule has 0 aliphatic carbocycles. The third kappa shape index (κ3) is 5.89. The van der Waals surface area contributed by atoms with Crippen LogP contribution < -0.4 is 11.2 Å². The van der Waals surface area contributed by atoms with E-state index in [1.165, 1.54) is 12.3 Å². The Labute approximate surface area is 161 Å². The van der Waals surface area contributed by atoms with Gasteiger partial charge < -0.3 is 24.4 Å². The minimum atomic E-state index is -1.43. The van der Waals surface area contributed by atoms with Crippen molar-refractivity contribution in [3.05, 3.63) is 22.7 Å². The summed E-state index contributed by atoms with van der Waals surface area (Å²) in [5.41, 5.74) is 0.923. The van der Waals surface area contributed by atoms with Crippen LogP contribution >= 0.6 is 0 Å². The molecule has 0 bridgehead atoms.